The Morgan fingerprint density at radius 2 is 1.66 bits per heavy atom. The predicted molar refractivity (Wildman–Crippen MR) is 119 cm³/mol. The topological polar surface area (TPSA) is 82.2 Å². The average Bonchev–Trinajstić information content (AvgIpc) is 2.70. The van der Waals surface area contributed by atoms with E-state index in [1.165, 1.54) is 12.6 Å². The lowest BCUT2D eigenvalue weighted by atomic mass is 10.2. The Morgan fingerprint density at radius 3 is 2.34 bits per heavy atom. The second kappa shape index (κ2) is 9.54. The summed E-state index contributed by atoms with van der Waals surface area (Å²) in [5, 5.41) is 9.23. The Morgan fingerprint density at radius 1 is 0.931 bits per heavy atom. The minimum Gasteiger partial charge on any atom is -0.372 e. The number of aromatic nitrogens is 2. The smallest absolute Gasteiger partial charge is 0.229 e. The summed E-state index contributed by atoms with van der Waals surface area (Å²) in [6.07, 6.45) is 1.69. The van der Waals surface area contributed by atoms with Gasteiger partial charge in [-0.2, -0.15) is 4.98 Å². The number of nitrogens with zero attached hydrogens (tertiary/aromatic N) is 3. The van der Waals surface area contributed by atoms with Crippen molar-refractivity contribution in [2.75, 3.05) is 33.9 Å². The van der Waals surface area contributed by atoms with Gasteiger partial charge in [0, 0.05) is 49.0 Å². The third kappa shape index (κ3) is 5.68. The van der Waals surface area contributed by atoms with Crippen LogP contribution in [-0.4, -0.2) is 29.0 Å². The van der Waals surface area contributed by atoms with Gasteiger partial charge in [-0.1, -0.05) is 6.07 Å². The predicted octanol–water partition coefficient (Wildman–Crippen LogP) is 4.77. The molecule has 0 radical (unpaired) electrons. The maximum absolute atomic E-state index is 11.2. The Balaban J connectivity index is 1.69. The molecule has 1 heterocycles. The average molecular weight is 390 g/mol. The first kappa shape index (κ1) is 20.1. The van der Waals surface area contributed by atoms with Crippen LogP contribution in [0.15, 0.2) is 60.8 Å². The van der Waals surface area contributed by atoms with Crippen molar-refractivity contribution >= 4 is 40.4 Å². The molecule has 7 nitrogen and oxygen atoms in total. The molecule has 0 fully saturated rings. The van der Waals surface area contributed by atoms with Crippen LogP contribution >= 0.6 is 0 Å². The highest BCUT2D eigenvalue weighted by molar-refractivity contribution is 5.89. The van der Waals surface area contributed by atoms with Crippen molar-refractivity contribution in [2.45, 2.75) is 20.8 Å². The van der Waals surface area contributed by atoms with E-state index in [2.05, 4.69) is 56.8 Å². The molecule has 0 atom stereocenters. The molecule has 29 heavy (non-hydrogen) atoms. The van der Waals surface area contributed by atoms with Gasteiger partial charge in [0.2, 0.25) is 11.9 Å². The molecule has 3 N–H and O–H groups in total. The number of carbonyl (C=O) groups excluding carboxylic acids is 1. The molecule has 1 amide bonds. The van der Waals surface area contributed by atoms with Crippen LogP contribution in [0.5, 0.6) is 0 Å². The lowest BCUT2D eigenvalue weighted by Gasteiger charge is -2.21. The molecular formula is C22H26N6O. The normalized spacial score (nSPS) is 10.3. The molecule has 3 rings (SSSR count). The van der Waals surface area contributed by atoms with E-state index in [1.54, 1.807) is 12.3 Å². The van der Waals surface area contributed by atoms with Crippen LogP contribution in [0.25, 0.3) is 0 Å². The molecule has 0 aliphatic rings. The molecule has 0 aliphatic heterocycles. The van der Waals surface area contributed by atoms with Gasteiger partial charge in [0.1, 0.15) is 5.82 Å². The van der Waals surface area contributed by atoms with E-state index in [1.807, 2.05) is 36.4 Å². The number of amides is 1. The number of hydrogen-bond acceptors (Lipinski definition) is 6. The fraction of sp³-hybridized carbons (Fsp3) is 0.227. The summed E-state index contributed by atoms with van der Waals surface area (Å²) in [5.74, 6) is 1.05. The van der Waals surface area contributed by atoms with Gasteiger partial charge in [0.05, 0.1) is 0 Å². The van der Waals surface area contributed by atoms with Crippen molar-refractivity contribution in [1.29, 1.82) is 0 Å². The number of anilines is 6. The number of nitrogens with one attached hydrogen (secondary N) is 3. The first-order chi connectivity index (χ1) is 14.1. The highest BCUT2D eigenvalue weighted by Crippen LogP contribution is 2.22. The van der Waals surface area contributed by atoms with Crippen molar-refractivity contribution in [3.05, 3.63) is 60.8 Å². The van der Waals surface area contributed by atoms with Gasteiger partial charge in [-0.3, -0.25) is 4.79 Å². The number of rotatable bonds is 8. The molecule has 0 bridgehead atoms. The fourth-order valence-electron chi connectivity index (χ4n) is 2.99. The Hall–Kier alpha value is -3.61. The molecule has 0 spiro atoms. The zero-order chi connectivity index (χ0) is 20.6. The molecule has 0 aliphatic carbocycles. The van der Waals surface area contributed by atoms with Crippen LogP contribution in [0.3, 0.4) is 0 Å². The SMILES string of the molecule is CCN(CC)c1ccc(Nc2nccc(Nc3cccc(NC(C)=O)c3)n2)cc1. The molecule has 0 saturated carbocycles. The van der Waals surface area contributed by atoms with Gasteiger partial charge in [-0.25, -0.2) is 4.98 Å². The first-order valence-corrected chi connectivity index (χ1v) is 9.67. The van der Waals surface area contributed by atoms with Crippen molar-refractivity contribution in [3.63, 3.8) is 0 Å². The zero-order valence-corrected chi connectivity index (χ0v) is 16.9. The summed E-state index contributed by atoms with van der Waals surface area (Å²) in [7, 11) is 0. The minimum atomic E-state index is -0.109. The second-order valence-corrected chi connectivity index (χ2v) is 6.50. The number of hydrogen-bond donors (Lipinski definition) is 3. The van der Waals surface area contributed by atoms with Gasteiger partial charge in [-0.15, -0.1) is 0 Å². The minimum absolute atomic E-state index is 0.109. The van der Waals surface area contributed by atoms with E-state index in [4.69, 9.17) is 0 Å². The maximum Gasteiger partial charge on any atom is 0.229 e. The largest absolute Gasteiger partial charge is 0.372 e. The van der Waals surface area contributed by atoms with Crippen molar-refractivity contribution in [2.24, 2.45) is 0 Å². The molecule has 1 aromatic heterocycles. The van der Waals surface area contributed by atoms with E-state index >= 15 is 0 Å². The lowest BCUT2D eigenvalue weighted by molar-refractivity contribution is -0.114. The lowest BCUT2D eigenvalue weighted by Crippen LogP contribution is -2.21. The van der Waals surface area contributed by atoms with Gasteiger partial charge in [0.25, 0.3) is 0 Å². The number of carbonyl (C=O) groups is 1. The standard InChI is InChI=1S/C22H26N6O/c1-4-28(5-2)20-11-9-17(10-12-20)26-22-23-14-13-21(27-22)25-19-8-6-7-18(15-19)24-16(3)29/h6-15H,4-5H2,1-3H3,(H,24,29)(H2,23,25,26,27). The molecule has 150 valence electrons. The van der Waals surface area contributed by atoms with E-state index in [-0.39, 0.29) is 5.91 Å². The second-order valence-electron chi connectivity index (χ2n) is 6.50. The molecule has 2 aromatic carbocycles. The third-order valence-electron chi connectivity index (χ3n) is 4.36. The van der Waals surface area contributed by atoms with Crippen LogP contribution in [0.1, 0.15) is 20.8 Å². The Bertz CT molecular complexity index is 954. The summed E-state index contributed by atoms with van der Waals surface area (Å²) in [6, 6.07) is 17.5. The molecule has 0 unspecified atom stereocenters. The summed E-state index contributed by atoms with van der Waals surface area (Å²) in [4.78, 5) is 22.3. The van der Waals surface area contributed by atoms with Crippen LogP contribution in [0.2, 0.25) is 0 Å². The summed E-state index contributed by atoms with van der Waals surface area (Å²) in [5.41, 5.74) is 3.66. The van der Waals surface area contributed by atoms with Gasteiger partial charge in [0.15, 0.2) is 0 Å². The van der Waals surface area contributed by atoms with Crippen LogP contribution in [0, 0.1) is 0 Å². The molecule has 3 aromatic rings. The van der Waals surface area contributed by atoms with E-state index < -0.39 is 0 Å². The van der Waals surface area contributed by atoms with E-state index in [9.17, 15) is 4.79 Å². The first-order valence-electron chi connectivity index (χ1n) is 9.67. The highest BCUT2D eigenvalue weighted by Gasteiger charge is 2.04. The van der Waals surface area contributed by atoms with Crippen molar-refractivity contribution in [3.8, 4) is 0 Å². The van der Waals surface area contributed by atoms with Crippen LogP contribution in [-0.2, 0) is 4.79 Å². The zero-order valence-electron chi connectivity index (χ0n) is 16.9. The summed E-state index contributed by atoms with van der Waals surface area (Å²) < 4.78 is 0. The molecular weight excluding hydrogens is 364 g/mol. The van der Waals surface area contributed by atoms with Gasteiger partial charge in [-0.05, 0) is 62.4 Å². The molecule has 0 saturated heterocycles. The quantitative estimate of drug-likeness (QED) is 0.514. The van der Waals surface area contributed by atoms with Crippen molar-refractivity contribution < 1.29 is 4.79 Å². The fourth-order valence-corrected chi connectivity index (χ4v) is 2.99. The van der Waals surface area contributed by atoms with Crippen LogP contribution in [0.4, 0.5) is 34.5 Å². The Kier molecular flexibility index (Phi) is 6.63. The maximum atomic E-state index is 11.2. The van der Waals surface area contributed by atoms with E-state index in [0.29, 0.717) is 11.8 Å². The van der Waals surface area contributed by atoms with Gasteiger partial charge < -0.3 is 20.9 Å². The number of benzene rings is 2. The van der Waals surface area contributed by atoms with Crippen molar-refractivity contribution in [1.82, 2.24) is 9.97 Å². The van der Waals surface area contributed by atoms with Crippen LogP contribution < -0.4 is 20.9 Å². The third-order valence-corrected chi connectivity index (χ3v) is 4.36. The summed E-state index contributed by atoms with van der Waals surface area (Å²) >= 11 is 0. The summed E-state index contributed by atoms with van der Waals surface area (Å²) in [6.45, 7) is 7.73. The van der Waals surface area contributed by atoms with Gasteiger partial charge >= 0.3 is 0 Å². The Labute approximate surface area is 171 Å². The monoisotopic (exact) mass is 390 g/mol. The highest BCUT2D eigenvalue weighted by atomic mass is 16.1. The molecule has 7 heteroatoms. The van der Waals surface area contributed by atoms with E-state index in [0.717, 1.165) is 30.2 Å².